The van der Waals surface area contributed by atoms with Crippen LogP contribution in [-0.2, 0) is 14.3 Å². The van der Waals surface area contributed by atoms with Crippen molar-refractivity contribution in [2.75, 3.05) is 6.61 Å². The number of rotatable bonds is 5. The minimum absolute atomic E-state index is 0.0413. The Kier molecular flexibility index (Phi) is 3.72. The van der Waals surface area contributed by atoms with Crippen LogP contribution in [0.1, 0.15) is 29.5 Å². The summed E-state index contributed by atoms with van der Waals surface area (Å²) in [6.45, 7) is 1.46. The maximum Gasteiger partial charge on any atom is 0.309 e. The molecule has 18 heavy (non-hydrogen) atoms. The fraction of sp³-hybridized carbons (Fsp3) is 0.500. The highest BCUT2D eigenvalue weighted by Gasteiger charge is 2.32. The molecule has 1 aromatic heterocycles. The van der Waals surface area contributed by atoms with E-state index in [1.54, 1.807) is 12.3 Å². The standard InChI is InChI=1S/C12H12N2O3S/c1-7-6-18-11(14-7)9(4-13)10(15)5-17-12(16)8-2-3-8/h6,8-9H,2-3,5H2,1H3/t9-/m1/s1. The van der Waals surface area contributed by atoms with Crippen molar-refractivity contribution >= 4 is 23.1 Å². The normalized spacial score (nSPS) is 15.8. The van der Waals surface area contributed by atoms with Crippen molar-refractivity contribution in [1.29, 1.82) is 5.26 Å². The first-order chi connectivity index (χ1) is 8.61. The van der Waals surface area contributed by atoms with Crippen LogP contribution in [0, 0.1) is 24.2 Å². The molecule has 0 amide bonds. The van der Waals surface area contributed by atoms with Crippen LogP contribution in [0.5, 0.6) is 0 Å². The number of carbonyl (C=O) groups excluding carboxylic acids is 2. The van der Waals surface area contributed by atoms with E-state index in [-0.39, 0.29) is 18.5 Å². The van der Waals surface area contributed by atoms with Crippen molar-refractivity contribution in [3.05, 3.63) is 16.1 Å². The highest BCUT2D eigenvalue weighted by molar-refractivity contribution is 7.09. The highest BCUT2D eigenvalue weighted by atomic mass is 32.1. The summed E-state index contributed by atoms with van der Waals surface area (Å²) < 4.78 is 4.88. The third-order valence-corrected chi connectivity index (χ3v) is 3.63. The van der Waals surface area contributed by atoms with Crippen LogP contribution in [0.4, 0.5) is 0 Å². The van der Waals surface area contributed by atoms with Gasteiger partial charge in [0.15, 0.2) is 18.3 Å². The summed E-state index contributed by atoms with van der Waals surface area (Å²) in [6.07, 6.45) is 1.67. The SMILES string of the molecule is Cc1csc([C@H](C#N)C(=O)COC(=O)C2CC2)n1. The number of esters is 1. The number of ketones is 1. The number of hydrogen-bond donors (Lipinski definition) is 0. The molecule has 1 fully saturated rings. The summed E-state index contributed by atoms with van der Waals surface area (Å²) in [5, 5.41) is 11.2. The molecule has 1 aliphatic rings. The number of nitrogens with zero attached hydrogens (tertiary/aromatic N) is 2. The van der Waals surface area contributed by atoms with E-state index in [9.17, 15) is 9.59 Å². The summed E-state index contributed by atoms with van der Waals surface area (Å²) in [6, 6.07) is 1.91. The number of aromatic nitrogens is 1. The first-order valence-corrected chi connectivity index (χ1v) is 6.50. The molecule has 0 aromatic carbocycles. The smallest absolute Gasteiger partial charge is 0.309 e. The molecule has 0 radical (unpaired) electrons. The van der Waals surface area contributed by atoms with Gasteiger partial charge in [-0.2, -0.15) is 5.26 Å². The third kappa shape index (κ3) is 2.93. The molecule has 0 N–H and O–H groups in total. The summed E-state index contributed by atoms with van der Waals surface area (Å²) in [5.41, 5.74) is 0.776. The second-order valence-corrected chi connectivity index (χ2v) is 5.13. The average molecular weight is 264 g/mol. The second kappa shape index (κ2) is 5.27. The Hall–Kier alpha value is -1.74. The van der Waals surface area contributed by atoms with Gasteiger partial charge in [0.2, 0.25) is 0 Å². The van der Waals surface area contributed by atoms with Crippen molar-refractivity contribution in [2.24, 2.45) is 5.92 Å². The van der Waals surface area contributed by atoms with E-state index in [4.69, 9.17) is 10.00 Å². The van der Waals surface area contributed by atoms with Crippen LogP contribution in [-0.4, -0.2) is 23.3 Å². The molecule has 1 saturated carbocycles. The van der Waals surface area contributed by atoms with E-state index in [1.165, 1.54) is 11.3 Å². The maximum absolute atomic E-state index is 11.8. The second-order valence-electron chi connectivity index (χ2n) is 4.24. The first-order valence-electron chi connectivity index (χ1n) is 5.63. The molecule has 5 nitrogen and oxygen atoms in total. The topological polar surface area (TPSA) is 80.0 Å². The molecule has 1 heterocycles. The Morgan fingerprint density at radius 3 is 2.89 bits per heavy atom. The number of carbonyl (C=O) groups is 2. The summed E-state index contributed by atoms with van der Waals surface area (Å²) >= 11 is 1.27. The fourth-order valence-corrected chi connectivity index (χ4v) is 2.29. The van der Waals surface area contributed by atoms with Gasteiger partial charge in [0, 0.05) is 11.1 Å². The van der Waals surface area contributed by atoms with E-state index in [0.29, 0.717) is 5.01 Å². The van der Waals surface area contributed by atoms with Crippen LogP contribution in [0.25, 0.3) is 0 Å². The van der Waals surface area contributed by atoms with Gasteiger partial charge in [-0.1, -0.05) is 0 Å². The minimum Gasteiger partial charge on any atom is -0.457 e. The molecule has 6 heteroatoms. The quantitative estimate of drug-likeness (QED) is 0.754. The molecular weight excluding hydrogens is 252 g/mol. The predicted octanol–water partition coefficient (Wildman–Crippen LogP) is 1.58. The van der Waals surface area contributed by atoms with Crippen LogP contribution < -0.4 is 0 Å². The molecule has 0 aliphatic heterocycles. The first kappa shape index (κ1) is 12.7. The molecule has 0 saturated heterocycles. The number of nitriles is 1. The van der Waals surface area contributed by atoms with Gasteiger partial charge in [-0.05, 0) is 19.8 Å². The van der Waals surface area contributed by atoms with Crippen molar-refractivity contribution in [1.82, 2.24) is 4.98 Å². The zero-order valence-electron chi connectivity index (χ0n) is 9.88. The van der Waals surface area contributed by atoms with Crippen molar-refractivity contribution in [3.63, 3.8) is 0 Å². The monoisotopic (exact) mass is 264 g/mol. The van der Waals surface area contributed by atoms with Gasteiger partial charge in [-0.25, -0.2) is 4.98 Å². The summed E-state index contributed by atoms with van der Waals surface area (Å²) in [7, 11) is 0. The van der Waals surface area contributed by atoms with Crippen molar-refractivity contribution in [2.45, 2.75) is 25.7 Å². The van der Waals surface area contributed by atoms with Crippen LogP contribution in [0.15, 0.2) is 5.38 Å². The lowest BCUT2D eigenvalue weighted by Gasteiger charge is -2.06. The largest absolute Gasteiger partial charge is 0.457 e. The molecule has 94 valence electrons. The van der Waals surface area contributed by atoms with E-state index in [2.05, 4.69) is 4.98 Å². The lowest BCUT2D eigenvalue weighted by molar-refractivity contribution is -0.149. The number of thiazole rings is 1. The van der Waals surface area contributed by atoms with Gasteiger partial charge < -0.3 is 4.74 Å². The van der Waals surface area contributed by atoms with Crippen LogP contribution >= 0.6 is 11.3 Å². The highest BCUT2D eigenvalue weighted by Crippen LogP contribution is 2.30. The number of hydrogen-bond acceptors (Lipinski definition) is 6. The van der Waals surface area contributed by atoms with Crippen LogP contribution in [0.3, 0.4) is 0 Å². The molecule has 1 aliphatic carbocycles. The molecule has 1 atom stereocenters. The minimum atomic E-state index is -0.935. The van der Waals surface area contributed by atoms with E-state index < -0.39 is 11.7 Å². The average Bonchev–Trinajstić information content (AvgIpc) is 3.11. The molecule has 0 spiro atoms. The number of aryl methyl sites for hydroxylation is 1. The van der Waals surface area contributed by atoms with Gasteiger partial charge in [-0.3, -0.25) is 9.59 Å². The van der Waals surface area contributed by atoms with E-state index in [0.717, 1.165) is 18.5 Å². The molecule has 1 aromatic rings. The Balaban J connectivity index is 1.93. The maximum atomic E-state index is 11.8. The van der Waals surface area contributed by atoms with E-state index >= 15 is 0 Å². The van der Waals surface area contributed by atoms with Gasteiger partial charge in [0.25, 0.3) is 0 Å². The Bertz CT molecular complexity index is 514. The van der Waals surface area contributed by atoms with Gasteiger partial charge >= 0.3 is 5.97 Å². The van der Waals surface area contributed by atoms with Gasteiger partial charge in [-0.15, -0.1) is 11.3 Å². The Labute approximate surface area is 108 Å². The van der Waals surface area contributed by atoms with Crippen molar-refractivity contribution in [3.8, 4) is 6.07 Å². The number of Topliss-reactive ketones (excluding diaryl/α,β-unsaturated/α-hetero) is 1. The molecule has 0 unspecified atom stereocenters. The van der Waals surface area contributed by atoms with Crippen LogP contribution in [0.2, 0.25) is 0 Å². The molecular formula is C12H12N2O3S. The number of ether oxygens (including phenoxy) is 1. The van der Waals surface area contributed by atoms with Gasteiger partial charge in [0.05, 0.1) is 12.0 Å². The zero-order valence-corrected chi connectivity index (χ0v) is 10.7. The Morgan fingerprint density at radius 2 is 2.39 bits per heavy atom. The summed E-state index contributed by atoms with van der Waals surface area (Å²) in [4.78, 5) is 27.2. The molecule has 0 bridgehead atoms. The van der Waals surface area contributed by atoms with Crippen molar-refractivity contribution < 1.29 is 14.3 Å². The Morgan fingerprint density at radius 1 is 1.67 bits per heavy atom. The molecule has 2 rings (SSSR count). The van der Waals surface area contributed by atoms with Gasteiger partial charge in [0.1, 0.15) is 5.01 Å². The predicted molar refractivity (Wildman–Crippen MR) is 63.9 cm³/mol. The third-order valence-electron chi connectivity index (χ3n) is 2.60. The zero-order chi connectivity index (χ0) is 13.1. The lowest BCUT2D eigenvalue weighted by atomic mass is 10.1. The van der Waals surface area contributed by atoms with E-state index in [1.807, 2.05) is 6.07 Å². The summed E-state index contributed by atoms with van der Waals surface area (Å²) in [5.74, 6) is -1.73. The lowest BCUT2D eigenvalue weighted by Crippen LogP contribution is -2.20. The fourth-order valence-electron chi connectivity index (χ4n) is 1.43.